The maximum absolute atomic E-state index is 10.2. The molecule has 0 aliphatic heterocycles. The smallest absolute Gasteiger partial charge is 0.303 e. The molecule has 0 unspecified atom stereocenters. The number of hydrogen-bond acceptors (Lipinski definition) is 4. The Balaban J connectivity index is 2.57. The van der Waals surface area contributed by atoms with Gasteiger partial charge in [-0.25, -0.2) is 9.97 Å². The van der Waals surface area contributed by atoms with Gasteiger partial charge in [-0.1, -0.05) is 0 Å². The Morgan fingerprint density at radius 1 is 1.67 bits per heavy atom. The number of nitrogens with zero attached hydrogens (tertiary/aromatic N) is 2. The quantitative estimate of drug-likeness (QED) is 0.665. The van der Waals surface area contributed by atoms with Crippen molar-refractivity contribution >= 4 is 11.8 Å². The zero-order valence-electron chi connectivity index (χ0n) is 6.40. The first-order valence-electron chi connectivity index (χ1n) is 3.47. The molecule has 0 atom stereocenters. The minimum Gasteiger partial charge on any atom is -0.481 e. The topological polar surface area (TPSA) is 89.1 Å². The highest BCUT2D eigenvalue weighted by Crippen LogP contribution is 1.98. The van der Waals surface area contributed by atoms with Gasteiger partial charge in [0.25, 0.3) is 0 Å². The molecule has 0 bridgehead atoms. The minimum atomic E-state index is -0.860. The normalized spacial score (nSPS) is 9.67. The van der Waals surface area contributed by atoms with Crippen LogP contribution >= 0.6 is 0 Å². The lowest BCUT2D eigenvalue weighted by Gasteiger charge is -1.96. The van der Waals surface area contributed by atoms with Crippen molar-refractivity contribution in [2.75, 3.05) is 5.73 Å². The zero-order chi connectivity index (χ0) is 8.97. The van der Waals surface area contributed by atoms with E-state index in [0.717, 1.165) is 0 Å². The molecular formula is C7H9N3O2. The van der Waals surface area contributed by atoms with E-state index in [9.17, 15) is 4.79 Å². The number of aromatic nitrogens is 2. The van der Waals surface area contributed by atoms with Crippen LogP contribution in [0.25, 0.3) is 0 Å². The number of aliphatic carboxylic acids is 1. The molecule has 1 aromatic heterocycles. The molecule has 5 nitrogen and oxygen atoms in total. The Morgan fingerprint density at radius 2 is 2.42 bits per heavy atom. The van der Waals surface area contributed by atoms with E-state index in [2.05, 4.69) is 9.97 Å². The Morgan fingerprint density at radius 3 is 3.00 bits per heavy atom. The van der Waals surface area contributed by atoms with Crippen molar-refractivity contribution in [2.24, 2.45) is 0 Å². The summed E-state index contributed by atoms with van der Waals surface area (Å²) in [6, 6.07) is 1.56. The molecule has 0 saturated carbocycles. The van der Waals surface area contributed by atoms with Crippen molar-refractivity contribution in [3.05, 3.63) is 18.1 Å². The number of carbonyl (C=O) groups is 1. The summed E-state index contributed by atoms with van der Waals surface area (Å²) in [5.41, 5.74) is 5.37. The number of aryl methyl sites for hydroxylation is 1. The average Bonchev–Trinajstić information content (AvgIpc) is 2.01. The largest absolute Gasteiger partial charge is 0.481 e. The van der Waals surface area contributed by atoms with Crippen molar-refractivity contribution in [3.63, 3.8) is 0 Å². The molecule has 12 heavy (non-hydrogen) atoms. The third kappa shape index (κ3) is 2.53. The van der Waals surface area contributed by atoms with Crippen LogP contribution in [0.15, 0.2) is 12.3 Å². The standard InChI is InChI=1S/C7H9N3O2/c8-5-3-4-9-6(10-5)1-2-7(11)12/h3-4H,1-2H2,(H,11,12)(H2,8,9,10). The second kappa shape index (κ2) is 3.66. The van der Waals surface area contributed by atoms with Crippen LogP contribution in [-0.2, 0) is 11.2 Å². The van der Waals surface area contributed by atoms with Crippen LogP contribution in [-0.4, -0.2) is 21.0 Å². The van der Waals surface area contributed by atoms with Gasteiger partial charge in [-0.2, -0.15) is 0 Å². The molecule has 0 saturated heterocycles. The van der Waals surface area contributed by atoms with E-state index in [1.165, 1.54) is 6.20 Å². The van der Waals surface area contributed by atoms with Crippen LogP contribution in [0.2, 0.25) is 0 Å². The van der Waals surface area contributed by atoms with E-state index >= 15 is 0 Å². The van der Waals surface area contributed by atoms with Crippen molar-refractivity contribution in [1.82, 2.24) is 9.97 Å². The lowest BCUT2D eigenvalue weighted by Crippen LogP contribution is -2.02. The van der Waals surface area contributed by atoms with Crippen LogP contribution in [0.4, 0.5) is 5.82 Å². The summed E-state index contributed by atoms with van der Waals surface area (Å²) in [5, 5.41) is 8.36. The molecule has 0 aliphatic carbocycles. The number of anilines is 1. The summed E-state index contributed by atoms with van der Waals surface area (Å²) in [7, 11) is 0. The molecule has 1 rings (SSSR count). The Hall–Kier alpha value is -1.65. The van der Waals surface area contributed by atoms with Gasteiger partial charge < -0.3 is 10.8 Å². The van der Waals surface area contributed by atoms with Gasteiger partial charge in [0, 0.05) is 12.6 Å². The molecule has 64 valence electrons. The van der Waals surface area contributed by atoms with Crippen molar-refractivity contribution < 1.29 is 9.90 Å². The van der Waals surface area contributed by atoms with E-state index in [1.807, 2.05) is 0 Å². The fourth-order valence-corrected chi connectivity index (χ4v) is 0.754. The first-order chi connectivity index (χ1) is 5.68. The van der Waals surface area contributed by atoms with Gasteiger partial charge in [-0.05, 0) is 6.07 Å². The van der Waals surface area contributed by atoms with Gasteiger partial charge in [-0.3, -0.25) is 4.79 Å². The van der Waals surface area contributed by atoms with E-state index in [0.29, 0.717) is 18.1 Å². The van der Waals surface area contributed by atoms with E-state index in [4.69, 9.17) is 10.8 Å². The maximum atomic E-state index is 10.2. The first-order valence-corrected chi connectivity index (χ1v) is 3.47. The van der Waals surface area contributed by atoms with Crippen LogP contribution in [0, 0.1) is 0 Å². The highest BCUT2D eigenvalue weighted by atomic mass is 16.4. The summed E-state index contributed by atoms with van der Waals surface area (Å²) < 4.78 is 0. The Bertz CT molecular complexity index is 288. The molecule has 0 fully saturated rings. The van der Waals surface area contributed by atoms with Crippen LogP contribution in [0.1, 0.15) is 12.2 Å². The second-order valence-corrected chi connectivity index (χ2v) is 2.29. The molecule has 0 spiro atoms. The molecule has 5 heteroatoms. The van der Waals surface area contributed by atoms with Crippen LogP contribution in [0.5, 0.6) is 0 Å². The van der Waals surface area contributed by atoms with Crippen LogP contribution in [0.3, 0.4) is 0 Å². The molecule has 1 aromatic rings. The van der Waals surface area contributed by atoms with Gasteiger partial charge in [0.2, 0.25) is 0 Å². The van der Waals surface area contributed by atoms with Gasteiger partial charge >= 0.3 is 5.97 Å². The van der Waals surface area contributed by atoms with E-state index in [-0.39, 0.29) is 6.42 Å². The summed E-state index contributed by atoms with van der Waals surface area (Å²) in [5.74, 6) is -0.0242. The highest BCUT2D eigenvalue weighted by molar-refractivity contribution is 5.66. The number of carboxylic acid groups (broad SMARTS) is 1. The predicted octanol–water partition coefficient (Wildman–Crippen LogP) is 0.0760. The zero-order valence-corrected chi connectivity index (χ0v) is 6.40. The number of hydrogen-bond donors (Lipinski definition) is 2. The highest BCUT2D eigenvalue weighted by Gasteiger charge is 2.00. The average molecular weight is 167 g/mol. The van der Waals surface area contributed by atoms with Gasteiger partial charge in [0.05, 0.1) is 6.42 Å². The molecule has 0 aliphatic rings. The van der Waals surface area contributed by atoms with Crippen molar-refractivity contribution in [3.8, 4) is 0 Å². The SMILES string of the molecule is Nc1ccnc(CCC(=O)O)n1. The molecule has 0 amide bonds. The third-order valence-corrected chi connectivity index (χ3v) is 1.29. The molecular weight excluding hydrogens is 158 g/mol. The Kier molecular flexibility index (Phi) is 2.57. The number of nitrogens with two attached hydrogens (primary N) is 1. The van der Waals surface area contributed by atoms with Gasteiger partial charge in [-0.15, -0.1) is 0 Å². The summed E-state index contributed by atoms with van der Waals surface area (Å²) in [4.78, 5) is 17.9. The predicted molar refractivity (Wildman–Crippen MR) is 42.4 cm³/mol. The number of rotatable bonds is 3. The van der Waals surface area contributed by atoms with E-state index in [1.54, 1.807) is 6.07 Å². The summed E-state index contributed by atoms with van der Waals surface area (Å²) in [6.07, 6.45) is 1.86. The number of carboxylic acids is 1. The fourth-order valence-electron chi connectivity index (χ4n) is 0.754. The van der Waals surface area contributed by atoms with Crippen molar-refractivity contribution in [1.29, 1.82) is 0 Å². The lowest BCUT2D eigenvalue weighted by atomic mass is 10.3. The molecule has 0 aromatic carbocycles. The lowest BCUT2D eigenvalue weighted by molar-refractivity contribution is -0.137. The van der Waals surface area contributed by atoms with Crippen LogP contribution < -0.4 is 5.73 Å². The summed E-state index contributed by atoms with van der Waals surface area (Å²) in [6.45, 7) is 0. The Labute approximate surface area is 69.3 Å². The summed E-state index contributed by atoms with van der Waals surface area (Å²) >= 11 is 0. The maximum Gasteiger partial charge on any atom is 0.303 e. The molecule has 3 N–H and O–H groups in total. The first kappa shape index (κ1) is 8.45. The molecule has 0 radical (unpaired) electrons. The fraction of sp³-hybridized carbons (Fsp3) is 0.286. The van der Waals surface area contributed by atoms with E-state index < -0.39 is 5.97 Å². The third-order valence-electron chi connectivity index (χ3n) is 1.29. The second-order valence-electron chi connectivity index (χ2n) is 2.29. The monoisotopic (exact) mass is 167 g/mol. The van der Waals surface area contributed by atoms with Gasteiger partial charge in [0.1, 0.15) is 11.6 Å². The van der Waals surface area contributed by atoms with Gasteiger partial charge in [0.15, 0.2) is 0 Å². The van der Waals surface area contributed by atoms with Crippen molar-refractivity contribution in [2.45, 2.75) is 12.8 Å². The number of nitrogen functional groups attached to an aromatic ring is 1. The molecule has 1 heterocycles. The minimum absolute atomic E-state index is 0.0312.